The summed E-state index contributed by atoms with van der Waals surface area (Å²) in [7, 11) is 0. The summed E-state index contributed by atoms with van der Waals surface area (Å²) in [6.45, 7) is 7.53. The van der Waals surface area contributed by atoms with Gasteiger partial charge in [0, 0.05) is 18.9 Å². The zero-order chi connectivity index (χ0) is 16.7. The number of ether oxygens (including phenoxy) is 1. The first-order chi connectivity index (χ1) is 11.1. The zero-order valence-corrected chi connectivity index (χ0v) is 15.1. The summed E-state index contributed by atoms with van der Waals surface area (Å²) in [5, 5.41) is 1.52. The number of fused-ring (bicyclic) bond motifs is 1. The minimum Gasteiger partial charge on any atom is -0.379 e. The second-order valence-corrected chi connectivity index (χ2v) is 6.91. The number of rotatable bonds is 9. The number of hydrogen-bond donors (Lipinski definition) is 0. The van der Waals surface area contributed by atoms with Gasteiger partial charge in [0.05, 0.1) is 17.0 Å². The Morgan fingerprint density at radius 3 is 2.78 bits per heavy atom. The quantitative estimate of drug-likeness (QED) is 0.393. The third-order valence-electron chi connectivity index (χ3n) is 3.53. The van der Waals surface area contributed by atoms with Crippen LogP contribution in [0.4, 0.5) is 0 Å². The molecule has 5 heteroatoms. The Hall–Kier alpha value is -1.33. The van der Waals surface area contributed by atoms with Gasteiger partial charge in [-0.05, 0) is 38.8 Å². The van der Waals surface area contributed by atoms with Gasteiger partial charge in [-0.1, -0.05) is 37.2 Å². The van der Waals surface area contributed by atoms with Crippen molar-refractivity contribution in [2.75, 3.05) is 12.4 Å². The summed E-state index contributed by atoms with van der Waals surface area (Å²) in [5.41, 5.74) is 0.838. The second kappa shape index (κ2) is 9.08. The lowest BCUT2D eigenvalue weighted by Gasteiger charge is -2.13. The molecular weight excluding hydrogens is 308 g/mol. The summed E-state index contributed by atoms with van der Waals surface area (Å²) in [4.78, 5) is 17.5. The van der Waals surface area contributed by atoms with Crippen molar-refractivity contribution in [2.45, 2.75) is 57.8 Å². The smallest absolute Gasteiger partial charge is 0.262 e. The molecule has 0 spiro atoms. The number of unbranched alkanes of at least 4 members (excludes halogenated alkanes) is 1. The number of benzene rings is 1. The zero-order valence-electron chi connectivity index (χ0n) is 14.2. The molecule has 0 bridgehead atoms. The van der Waals surface area contributed by atoms with Crippen LogP contribution in [-0.2, 0) is 11.3 Å². The fourth-order valence-corrected chi connectivity index (χ4v) is 3.41. The highest BCUT2D eigenvalue weighted by atomic mass is 32.2. The maximum atomic E-state index is 12.8. The molecule has 0 atom stereocenters. The first-order valence-electron chi connectivity index (χ1n) is 8.37. The van der Waals surface area contributed by atoms with Gasteiger partial charge in [0.25, 0.3) is 5.56 Å². The van der Waals surface area contributed by atoms with Crippen molar-refractivity contribution >= 4 is 22.7 Å². The Labute approximate surface area is 142 Å². The van der Waals surface area contributed by atoms with Crippen molar-refractivity contribution < 1.29 is 4.74 Å². The molecule has 1 aromatic heterocycles. The summed E-state index contributed by atoms with van der Waals surface area (Å²) < 4.78 is 7.40. The molecule has 0 unspecified atom stereocenters. The van der Waals surface area contributed by atoms with E-state index in [9.17, 15) is 4.79 Å². The topological polar surface area (TPSA) is 44.1 Å². The van der Waals surface area contributed by atoms with Crippen molar-refractivity contribution in [1.82, 2.24) is 9.55 Å². The number of para-hydroxylation sites is 1. The van der Waals surface area contributed by atoms with Gasteiger partial charge in [0.2, 0.25) is 0 Å². The van der Waals surface area contributed by atoms with Gasteiger partial charge in [-0.3, -0.25) is 9.36 Å². The van der Waals surface area contributed by atoms with Crippen LogP contribution in [0.3, 0.4) is 0 Å². The number of thioether (sulfide) groups is 1. The van der Waals surface area contributed by atoms with Crippen LogP contribution in [0.1, 0.15) is 40.0 Å². The molecule has 2 rings (SSSR count). The van der Waals surface area contributed by atoms with Gasteiger partial charge in [0.1, 0.15) is 0 Å². The maximum Gasteiger partial charge on any atom is 0.262 e. The molecule has 0 saturated heterocycles. The Morgan fingerprint density at radius 1 is 1.26 bits per heavy atom. The molecular formula is C18H26N2O2S. The predicted molar refractivity (Wildman–Crippen MR) is 97.3 cm³/mol. The molecule has 4 nitrogen and oxygen atoms in total. The van der Waals surface area contributed by atoms with Gasteiger partial charge >= 0.3 is 0 Å². The van der Waals surface area contributed by atoms with Crippen molar-refractivity contribution in [3.63, 3.8) is 0 Å². The molecule has 2 aromatic rings. The number of hydrogen-bond acceptors (Lipinski definition) is 4. The van der Waals surface area contributed by atoms with E-state index in [0.29, 0.717) is 18.5 Å². The molecule has 0 aliphatic carbocycles. The highest BCUT2D eigenvalue weighted by Gasteiger charge is 2.11. The molecule has 0 N–H and O–H groups in total. The third kappa shape index (κ3) is 5.08. The van der Waals surface area contributed by atoms with E-state index >= 15 is 0 Å². The van der Waals surface area contributed by atoms with Gasteiger partial charge in [-0.2, -0.15) is 0 Å². The Balaban J connectivity index is 2.24. The average Bonchev–Trinajstić information content (AvgIpc) is 2.53. The Morgan fingerprint density at radius 2 is 2.04 bits per heavy atom. The van der Waals surface area contributed by atoms with Crippen LogP contribution in [0.25, 0.3) is 10.9 Å². The standard InChI is InChI=1S/C18H26N2O2S/c1-4-5-13-23-18-19-16-10-7-6-9-15(16)17(21)20(18)11-8-12-22-14(2)3/h6-7,9-10,14H,4-5,8,11-13H2,1-3H3. The van der Waals surface area contributed by atoms with E-state index in [-0.39, 0.29) is 11.7 Å². The summed E-state index contributed by atoms with van der Waals surface area (Å²) in [6.07, 6.45) is 3.32. The largest absolute Gasteiger partial charge is 0.379 e. The van der Waals surface area contributed by atoms with Crippen LogP contribution in [0, 0.1) is 0 Å². The molecule has 1 heterocycles. The van der Waals surface area contributed by atoms with E-state index in [0.717, 1.165) is 35.7 Å². The Kier molecular flexibility index (Phi) is 7.12. The van der Waals surface area contributed by atoms with Gasteiger partial charge in [-0.25, -0.2) is 4.98 Å². The first-order valence-corrected chi connectivity index (χ1v) is 9.36. The van der Waals surface area contributed by atoms with Crippen LogP contribution in [0.2, 0.25) is 0 Å². The van der Waals surface area contributed by atoms with Crippen LogP contribution >= 0.6 is 11.8 Å². The normalized spacial score (nSPS) is 11.5. The van der Waals surface area contributed by atoms with E-state index in [1.165, 1.54) is 0 Å². The van der Waals surface area contributed by atoms with Crippen LogP contribution in [0.5, 0.6) is 0 Å². The number of aromatic nitrogens is 2. The van der Waals surface area contributed by atoms with Crippen LogP contribution in [-0.4, -0.2) is 28.0 Å². The van der Waals surface area contributed by atoms with Crippen LogP contribution < -0.4 is 5.56 Å². The third-order valence-corrected chi connectivity index (χ3v) is 4.60. The van der Waals surface area contributed by atoms with Gasteiger partial charge < -0.3 is 4.74 Å². The molecule has 0 fully saturated rings. The van der Waals surface area contributed by atoms with Crippen molar-refractivity contribution in [1.29, 1.82) is 0 Å². The SMILES string of the molecule is CCCCSc1nc2ccccc2c(=O)n1CCCOC(C)C. The minimum absolute atomic E-state index is 0.0548. The van der Waals surface area contributed by atoms with Gasteiger partial charge in [0.15, 0.2) is 5.16 Å². The Bertz CT molecular complexity index is 682. The molecule has 0 amide bonds. The maximum absolute atomic E-state index is 12.8. The van der Waals surface area contributed by atoms with E-state index in [1.807, 2.05) is 42.7 Å². The fraction of sp³-hybridized carbons (Fsp3) is 0.556. The first kappa shape index (κ1) is 18.0. The lowest BCUT2D eigenvalue weighted by Crippen LogP contribution is -2.24. The second-order valence-electron chi connectivity index (χ2n) is 5.84. The van der Waals surface area contributed by atoms with Crippen LogP contribution in [0.15, 0.2) is 34.2 Å². The molecule has 1 aromatic carbocycles. The van der Waals surface area contributed by atoms with E-state index in [2.05, 4.69) is 6.92 Å². The molecule has 0 aliphatic rings. The summed E-state index contributed by atoms with van der Waals surface area (Å²) in [5.74, 6) is 0.990. The average molecular weight is 334 g/mol. The lowest BCUT2D eigenvalue weighted by molar-refractivity contribution is 0.0743. The summed E-state index contributed by atoms with van der Waals surface area (Å²) >= 11 is 1.68. The van der Waals surface area contributed by atoms with Crippen molar-refractivity contribution in [3.8, 4) is 0 Å². The van der Waals surface area contributed by atoms with Gasteiger partial charge in [-0.15, -0.1) is 0 Å². The number of nitrogens with zero attached hydrogens (tertiary/aromatic N) is 2. The molecule has 23 heavy (non-hydrogen) atoms. The fourth-order valence-electron chi connectivity index (χ4n) is 2.30. The van der Waals surface area contributed by atoms with Crippen molar-refractivity contribution in [2.24, 2.45) is 0 Å². The molecule has 126 valence electrons. The highest BCUT2D eigenvalue weighted by Crippen LogP contribution is 2.19. The minimum atomic E-state index is 0.0548. The lowest BCUT2D eigenvalue weighted by atomic mass is 10.2. The van der Waals surface area contributed by atoms with E-state index in [4.69, 9.17) is 9.72 Å². The van der Waals surface area contributed by atoms with E-state index < -0.39 is 0 Å². The molecule has 0 radical (unpaired) electrons. The van der Waals surface area contributed by atoms with E-state index in [1.54, 1.807) is 11.8 Å². The summed E-state index contributed by atoms with van der Waals surface area (Å²) in [6, 6.07) is 7.58. The molecule has 0 aliphatic heterocycles. The highest BCUT2D eigenvalue weighted by molar-refractivity contribution is 7.99. The molecule has 0 saturated carbocycles. The monoisotopic (exact) mass is 334 g/mol. The van der Waals surface area contributed by atoms with Crippen molar-refractivity contribution in [3.05, 3.63) is 34.6 Å². The predicted octanol–water partition coefficient (Wildman–Crippen LogP) is 4.10.